The third kappa shape index (κ3) is 4.39. The summed E-state index contributed by atoms with van der Waals surface area (Å²) >= 11 is 0. The average molecular weight is 221 g/mol. The van der Waals surface area contributed by atoms with E-state index < -0.39 is 5.97 Å². The Labute approximate surface area is 92.5 Å². The first-order valence-electron chi connectivity index (χ1n) is 4.62. The van der Waals surface area contributed by atoms with E-state index in [0.29, 0.717) is 12.2 Å². The fourth-order valence-corrected chi connectivity index (χ4v) is 1.03. The van der Waals surface area contributed by atoms with Gasteiger partial charge in [0.05, 0.1) is 6.61 Å². The maximum atomic E-state index is 10.1. The molecule has 0 aliphatic rings. The van der Waals surface area contributed by atoms with Gasteiger partial charge in [0.15, 0.2) is 0 Å². The number of hydrogen-bond donors (Lipinski definition) is 2. The van der Waals surface area contributed by atoms with Crippen LogP contribution in [0.3, 0.4) is 0 Å². The topological polar surface area (TPSA) is 95.2 Å². The Morgan fingerprint density at radius 3 is 3.19 bits per heavy atom. The van der Waals surface area contributed by atoms with Gasteiger partial charge in [0.1, 0.15) is 18.4 Å². The summed E-state index contributed by atoms with van der Waals surface area (Å²) in [7, 11) is 0. The molecule has 0 saturated carbocycles. The Morgan fingerprint density at radius 2 is 2.50 bits per heavy atom. The molecule has 0 bridgehead atoms. The second-order valence-corrected chi connectivity index (χ2v) is 2.91. The molecule has 0 unspecified atom stereocenters. The summed E-state index contributed by atoms with van der Waals surface area (Å²) < 4.78 is 4.83. The number of hydrogen-bond acceptors (Lipinski definition) is 5. The predicted molar refractivity (Wildman–Crippen MR) is 55.9 cm³/mol. The SMILES string of the molecule is N#Cc1cc(NCCOCC(=O)O)ccn1. The van der Waals surface area contributed by atoms with Gasteiger partial charge in [0.2, 0.25) is 0 Å². The van der Waals surface area contributed by atoms with Crippen LogP contribution in [-0.4, -0.2) is 35.8 Å². The molecular weight excluding hydrogens is 210 g/mol. The number of carboxylic acid groups (broad SMARTS) is 1. The van der Waals surface area contributed by atoms with Crippen LogP contribution in [0.15, 0.2) is 18.3 Å². The summed E-state index contributed by atoms with van der Waals surface area (Å²) in [6, 6.07) is 5.25. The van der Waals surface area contributed by atoms with Crippen molar-refractivity contribution in [2.75, 3.05) is 25.1 Å². The number of nitriles is 1. The Kier molecular flexibility index (Phi) is 4.76. The minimum atomic E-state index is -0.990. The minimum Gasteiger partial charge on any atom is -0.480 e. The van der Waals surface area contributed by atoms with Crippen molar-refractivity contribution in [3.8, 4) is 6.07 Å². The van der Waals surface area contributed by atoms with Crippen molar-refractivity contribution in [2.24, 2.45) is 0 Å². The minimum absolute atomic E-state index is 0.288. The molecule has 6 nitrogen and oxygen atoms in total. The molecule has 16 heavy (non-hydrogen) atoms. The highest BCUT2D eigenvalue weighted by molar-refractivity contribution is 5.67. The number of nitrogens with one attached hydrogen (secondary N) is 1. The van der Waals surface area contributed by atoms with Crippen LogP contribution in [0.2, 0.25) is 0 Å². The first kappa shape index (κ1) is 11.9. The van der Waals surface area contributed by atoms with Gasteiger partial charge in [0.25, 0.3) is 0 Å². The zero-order valence-corrected chi connectivity index (χ0v) is 8.51. The fraction of sp³-hybridized carbons (Fsp3) is 0.300. The second-order valence-electron chi connectivity index (χ2n) is 2.91. The van der Waals surface area contributed by atoms with Crippen LogP contribution in [0, 0.1) is 11.3 Å². The van der Waals surface area contributed by atoms with E-state index in [1.807, 2.05) is 6.07 Å². The maximum absolute atomic E-state index is 10.1. The number of aliphatic carboxylic acids is 1. The van der Waals surface area contributed by atoms with E-state index >= 15 is 0 Å². The standard InChI is InChI=1S/C10H11N3O3/c11-6-9-5-8(1-2-12-9)13-3-4-16-7-10(14)15/h1-2,5H,3-4,7H2,(H,12,13)(H,14,15). The molecule has 1 aromatic rings. The van der Waals surface area contributed by atoms with Gasteiger partial charge in [-0.25, -0.2) is 9.78 Å². The summed E-state index contributed by atoms with van der Waals surface area (Å²) in [6.07, 6.45) is 1.53. The summed E-state index contributed by atoms with van der Waals surface area (Å²) in [5.74, 6) is -0.990. The van der Waals surface area contributed by atoms with E-state index in [2.05, 4.69) is 10.3 Å². The van der Waals surface area contributed by atoms with E-state index in [9.17, 15) is 4.79 Å². The molecular formula is C10H11N3O3. The number of anilines is 1. The molecule has 1 rings (SSSR count). The molecule has 0 atom stereocenters. The van der Waals surface area contributed by atoms with Crippen molar-refractivity contribution < 1.29 is 14.6 Å². The van der Waals surface area contributed by atoms with E-state index in [4.69, 9.17) is 15.1 Å². The molecule has 0 amide bonds. The summed E-state index contributed by atoms with van der Waals surface area (Å²) in [5, 5.41) is 19.9. The Hall–Kier alpha value is -2.13. The van der Waals surface area contributed by atoms with Crippen molar-refractivity contribution in [3.05, 3.63) is 24.0 Å². The molecule has 2 N–H and O–H groups in total. The van der Waals surface area contributed by atoms with Crippen LogP contribution in [0.1, 0.15) is 5.69 Å². The van der Waals surface area contributed by atoms with Gasteiger partial charge < -0.3 is 15.2 Å². The molecule has 0 aromatic carbocycles. The monoisotopic (exact) mass is 221 g/mol. The third-order valence-corrected chi connectivity index (χ3v) is 1.68. The lowest BCUT2D eigenvalue weighted by atomic mass is 10.3. The Bertz CT molecular complexity index is 401. The lowest BCUT2D eigenvalue weighted by Crippen LogP contribution is -2.14. The van der Waals surface area contributed by atoms with Gasteiger partial charge in [-0.2, -0.15) is 5.26 Å². The summed E-state index contributed by atoms with van der Waals surface area (Å²) in [5.41, 5.74) is 1.09. The second kappa shape index (κ2) is 6.37. The van der Waals surface area contributed by atoms with Crippen molar-refractivity contribution in [3.63, 3.8) is 0 Å². The molecule has 0 aliphatic heterocycles. The first-order chi connectivity index (χ1) is 7.72. The third-order valence-electron chi connectivity index (χ3n) is 1.68. The van der Waals surface area contributed by atoms with Crippen LogP contribution in [-0.2, 0) is 9.53 Å². The van der Waals surface area contributed by atoms with Gasteiger partial charge in [-0.15, -0.1) is 0 Å². The van der Waals surface area contributed by atoms with Gasteiger partial charge in [-0.05, 0) is 12.1 Å². The molecule has 0 saturated heterocycles. The van der Waals surface area contributed by atoms with Crippen LogP contribution in [0.4, 0.5) is 5.69 Å². The summed E-state index contributed by atoms with van der Waals surface area (Å²) in [4.78, 5) is 13.9. The van der Waals surface area contributed by atoms with E-state index in [0.717, 1.165) is 5.69 Å². The van der Waals surface area contributed by atoms with Crippen molar-refractivity contribution in [2.45, 2.75) is 0 Å². The van der Waals surface area contributed by atoms with E-state index in [-0.39, 0.29) is 13.2 Å². The molecule has 0 spiro atoms. The largest absolute Gasteiger partial charge is 0.480 e. The number of nitrogens with zero attached hydrogens (tertiary/aromatic N) is 2. The number of ether oxygens (including phenoxy) is 1. The molecule has 84 valence electrons. The maximum Gasteiger partial charge on any atom is 0.329 e. The predicted octanol–water partition coefficient (Wildman–Crippen LogP) is 0.466. The zero-order chi connectivity index (χ0) is 11.8. The van der Waals surface area contributed by atoms with E-state index in [1.165, 1.54) is 6.20 Å². The summed E-state index contributed by atoms with van der Waals surface area (Å²) in [6.45, 7) is 0.458. The van der Waals surface area contributed by atoms with Crippen molar-refractivity contribution in [1.29, 1.82) is 5.26 Å². The van der Waals surface area contributed by atoms with E-state index in [1.54, 1.807) is 12.1 Å². The average Bonchev–Trinajstić information content (AvgIpc) is 2.28. The van der Waals surface area contributed by atoms with Crippen molar-refractivity contribution in [1.82, 2.24) is 4.98 Å². The lowest BCUT2D eigenvalue weighted by Gasteiger charge is -2.05. The number of aromatic nitrogens is 1. The number of carbonyl (C=O) groups is 1. The lowest BCUT2D eigenvalue weighted by molar-refractivity contribution is -0.142. The van der Waals surface area contributed by atoms with Crippen LogP contribution in [0.5, 0.6) is 0 Å². The number of pyridine rings is 1. The first-order valence-corrected chi connectivity index (χ1v) is 4.62. The zero-order valence-electron chi connectivity index (χ0n) is 8.51. The van der Waals surface area contributed by atoms with Gasteiger partial charge in [-0.1, -0.05) is 0 Å². The normalized spacial score (nSPS) is 9.44. The molecule has 0 aliphatic carbocycles. The highest BCUT2D eigenvalue weighted by atomic mass is 16.5. The quantitative estimate of drug-likeness (QED) is 0.678. The molecule has 0 fully saturated rings. The Balaban J connectivity index is 2.27. The van der Waals surface area contributed by atoms with Crippen molar-refractivity contribution >= 4 is 11.7 Å². The van der Waals surface area contributed by atoms with Gasteiger partial charge in [0, 0.05) is 18.4 Å². The van der Waals surface area contributed by atoms with Crippen LogP contribution in [0.25, 0.3) is 0 Å². The highest BCUT2D eigenvalue weighted by Crippen LogP contribution is 2.06. The molecule has 0 radical (unpaired) electrons. The van der Waals surface area contributed by atoms with Gasteiger partial charge in [-0.3, -0.25) is 0 Å². The molecule has 1 aromatic heterocycles. The van der Waals surface area contributed by atoms with Crippen LogP contribution < -0.4 is 5.32 Å². The fourth-order valence-electron chi connectivity index (χ4n) is 1.03. The smallest absolute Gasteiger partial charge is 0.329 e. The van der Waals surface area contributed by atoms with Crippen LogP contribution >= 0.6 is 0 Å². The Morgan fingerprint density at radius 1 is 1.69 bits per heavy atom. The molecule has 1 heterocycles. The van der Waals surface area contributed by atoms with Gasteiger partial charge >= 0.3 is 5.97 Å². The molecule has 6 heteroatoms. The highest BCUT2D eigenvalue weighted by Gasteiger charge is 1.97. The number of carboxylic acids is 1. The number of rotatable bonds is 6.